The first-order valence-electron chi connectivity index (χ1n) is 7.06. The van der Waals surface area contributed by atoms with E-state index in [4.69, 9.17) is 10.5 Å². The van der Waals surface area contributed by atoms with Crippen molar-refractivity contribution in [2.24, 2.45) is 0 Å². The average Bonchev–Trinajstić information content (AvgIpc) is 2.40. The minimum absolute atomic E-state index is 0.223. The number of aliphatic hydroxyl groups is 2. The van der Waals surface area contributed by atoms with E-state index < -0.39 is 11.7 Å². The molecule has 0 amide bonds. The van der Waals surface area contributed by atoms with Gasteiger partial charge in [-0.1, -0.05) is 12.1 Å². The predicted molar refractivity (Wildman–Crippen MR) is 78.7 cm³/mol. The van der Waals surface area contributed by atoms with Crippen LogP contribution in [0.3, 0.4) is 0 Å². The van der Waals surface area contributed by atoms with Crippen molar-refractivity contribution in [3.05, 3.63) is 24.3 Å². The number of nitrogens with two attached hydrogens (primary N) is 1. The lowest BCUT2D eigenvalue weighted by Crippen LogP contribution is -2.46. The summed E-state index contributed by atoms with van der Waals surface area (Å²) in [6, 6.07) is 7.26. The summed E-state index contributed by atoms with van der Waals surface area (Å²) in [6.45, 7) is 4.25. The zero-order valence-electron chi connectivity index (χ0n) is 12.0. The van der Waals surface area contributed by atoms with Gasteiger partial charge >= 0.3 is 0 Å². The van der Waals surface area contributed by atoms with Gasteiger partial charge in [-0.15, -0.1) is 0 Å². The maximum Gasteiger partial charge on any atom is 0.142 e. The summed E-state index contributed by atoms with van der Waals surface area (Å²) < 4.78 is 5.53. The van der Waals surface area contributed by atoms with Gasteiger partial charge in [0.05, 0.1) is 11.3 Å². The largest absolute Gasteiger partial charge is 0.489 e. The SMILES string of the molecule is CC1(O)CCN(CC(O)COc2ccccc2N)CC1. The van der Waals surface area contributed by atoms with E-state index in [0.717, 1.165) is 25.9 Å². The van der Waals surface area contributed by atoms with E-state index in [1.165, 1.54) is 0 Å². The van der Waals surface area contributed by atoms with Crippen LogP contribution in [0.5, 0.6) is 5.75 Å². The highest BCUT2D eigenvalue weighted by molar-refractivity contribution is 5.51. The second kappa shape index (κ2) is 6.43. The highest BCUT2D eigenvalue weighted by Crippen LogP contribution is 2.22. The quantitative estimate of drug-likeness (QED) is 0.697. The number of para-hydroxylation sites is 2. The first kappa shape index (κ1) is 15.1. The molecule has 1 heterocycles. The van der Waals surface area contributed by atoms with Gasteiger partial charge in [0.15, 0.2) is 0 Å². The molecule has 1 unspecified atom stereocenters. The Morgan fingerprint density at radius 3 is 2.65 bits per heavy atom. The molecule has 1 saturated heterocycles. The number of piperidine rings is 1. The summed E-state index contributed by atoms with van der Waals surface area (Å²) in [6.07, 6.45) is 0.927. The van der Waals surface area contributed by atoms with Crippen molar-refractivity contribution in [1.29, 1.82) is 0 Å². The highest BCUT2D eigenvalue weighted by Gasteiger charge is 2.28. The van der Waals surface area contributed by atoms with Crippen molar-refractivity contribution in [3.63, 3.8) is 0 Å². The zero-order chi connectivity index (χ0) is 14.6. The van der Waals surface area contributed by atoms with Crippen molar-refractivity contribution >= 4 is 5.69 Å². The van der Waals surface area contributed by atoms with Gasteiger partial charge in [-0.25, -0.2) is 0 Å². The third kappa shape index (κ3) is 4.37. The van der Waals surface area contributed by atoms with Crippen molar-refractivity contribution in [1.82, 2.24) is 4.90 Å². The molecule has 0 bridgehead atoms. The number of nitrogens with zero attached hydrogens (tertiary/aromatic N) is 1. The fraction of sp³-hybridized carbons (Fsp3) is 0.600. The van der Waals surface area contributed by atoms with E-state index in [9.17, 15) is 10.2 Å². The summed E-state index contributed by atoms with van der Waals surface area (Å²) in [5, 5.41) is 19.9. The van der Waals surface area contributed by atoms with Crippen LogP contribution in [-0.4, -0.2) is 53.1 Å². The van der Waals surface area contributed by atoms with E-state index in [1.807, 2.05) is 19.1 Å². The Hall–Kier alpha value is -1.30. The van der Waals surface area contributed by atoms with Crippen molar-refractivity contribution in [3.8, 4) is 5.75 Å². The van der Waals surface area contributed by atoms with Crippen LogP contribution in [-0.2, 0) is 0 Å². The van der Waals surface area contributed by atoms with Crippen LogP contribution in [0.4, 0.5) is 5.69 Å². The van der Waals surface area contributed by atoms with Crippen molar-refractivity contribution in [2.75, 3.05) is 32.0 Å². The van der Waals surface area contributed by atoms with Gasteiger partial charge in [0, 0.05) is 19.6 Å². The Morgan fingerprint density at radius 1 is 1.35 bits per heavy atom. The number of likely N-dealkylation sites (tertiary alicyclic amines) is 1. The Morgan fingerprint density at radius 2 is 2.00 bits per heavy atom. The molecule has 112 valence electrons. The summed E-state index contributed by atoms with van der Waals surface area (Å²) in [4.78, 5) is 2.15. The van der Waals surface area contributed by atoms with Crippen LogP contribution in [0.2, 0.25) is 0 Å². The van der Waals surface area contributed by atoms with Gasteiger partial charge in [0.2, 0.25) is 0 Å². The molecular weight excluding hydrogens is 256 g/mol. The van der Waals surface area contributed by atoms with Gasteiger partial charge in [0.25, 0.3) is 0 Å². The zero-order valence-corrected chi connectivity index (χ0v) is 12.0. The van der Waals surface area contributed by atoms with Crippen LogP contribution < -0.4 is 10.5 Å². The Labute approximate surface area is 120 Å². The molecule has 1 aromatic rings. The molecular formula is C15H24N2O3. The van der Waals surface area contributed by atoms with Gasteiger partial charge in [-0.2, -0.15) is 0 Å². The molecule has 1 aliphatic rings. The summed E-state index contributed by atoms with van der Waals surface area (Å²) >= 11 is 0. The predicted octanol–water partition coefficient (Wildman–Crippen LogP) is 0.855. The number of rotatable bonds is 5. The first-order chi connectivity index (χ1) is 9.46. The van der Waals surface area contributed by atoms with E-state index in [1.54, 1.807) is 12.1 Å². The topological polar surface area (TPSA) is 79.0 Å². The van der Waals surface area contributed by atoms with Crippen LogP contribution in [0.1, 0.15) is 19.8 Å². The average molecular weight is 280 g/mol. The monoisotopic (exact) mass is 280 g/mol. The van der Waals surface area contributed by atoms with Crippen LogP contribution in [0.25, 0.3) is 0 Å². The Kier molecular flexibility index (Phi) is 4.86. The lowest BCUT2D eigenvalue weighted by Gasteiger charge is -2.36. The molecule has 20 heavy (non-hydrogen) atoms. The molecule has 2 rings (SSSR count). The van der Waals surface area contributed by atoms with E-state index in [-0.39, 0.29) is 6.61 Å². The molecule has 0 aromatic heterocycles. The van der Waals surface area contributed by atoms with Crippen molar-refractivity contribution in [2.45, 2.75) is 31.5 Å². The number of anilines is 1. The maximum atomic E-state index is 10.0. The minimum Gasteiger partial charge on any atom is -0.489 e. The van der Waals surface area contributed by atoms with E-state index in [0.29, 0.717) is 18.0 Å². The molecule has 4 N–H and O–H groups in total. The minimum atomic E-state index is -0.559. The molecule has 0 radical (unpaired) electrons. The van der Waals surface area contributed by atoms with Crippen LogP contribution in [0.15, 0.2) is 24.3 Å². The van der Waals surface area contributed by atoms with Gasteiger partial charge in [-0.05, 0) is 31.9 Å². The smallest absolute Gasteiger partial charge is 0.142 e. The molecule has 0 aliphatic carbocycles. The molecule has 1 fully saturated rings. The maximum absolute atomic E-state index is 10.0. The van der Waals surface area contributed by atoms with Gasteiger partial charge in [-0.3, -0.25) is 0 Å². The number of benzene rings is 1. The Balaban J connectivity index is 1.73. The van der Waals surface area contributed by atoms with E-state index >= 15 is 0 Å². The fourth-order valence-corrected chi connectivity index (χ4v) is 2.37. The molecule has 0 saturated carbocycles. The third-order valence-electron chi connectivity index (χ3n) is 3.75. The molecule has 1 aromatic carbocycles. The summed E-state index contributed by atoms with van der Waals surface area (Å²) in [7, 11) is 0. The second-order valence-corrected chi connectivity index (χ2v) is 5.80. The number of ether oxygens (including phenoxy) is 1. The second-order valence-electron chi connectivity index (χ2n) is 5.80. The highest BCUT2D eigenvalue weighted by atomic mass is 16.5. The molecule has 1 atom stereocenters. The number of nitrogen functional groups attached to an aromatic ring is 1. The van der Waals surface area contributed by atoms with Gasteiger partial charge < -0.3 is 25.6 Å². The molecule has 1 aliphatic heterocycles. The first-order valence-corrected chi connectivity index (χ1v) is 7.06. The lowest BCUT2D eigenvalue weighted by atomic mass is 9.94. The normalized spacial score (nSPS) is 20.6. The molecule has 0 spiro atoms. The van der Waals surface area contributed by atoms with Crippen LogP contribution >= 0.6 is 0 Å². The number of aliphatic hydroxyl groups excluding tert-OH is 1. The number of hydrogen-bond donors (Lipinski definition) is 3. The summed E-state index contributed by atoms with van der Waals surface area (Å²) in [5.74, 6) is 0.605. The van der Waals surface area contributed by atoms with Crippen molar-refractivity contribution < 1.29 is 14.9 Å². The fourth-order valence-electron chi connectivity index (χ4n) is 2.37. The van der Waals surface area contributed by atoms with E-state index in [2.05, 4.69) is 4.90 Å². The van der Waals surface area contributed by atoms with Gasteiger partial charge in [0.1, 0.15) is 18.5 Å². The molecule has 5 nitrogen and oxygen atoms in total. The number of hydrogen-bond acceptors (Lipinski definition) is 5. The standard InChI is InChI=1S/C15H24N2O3/c1-15(19)6-8-17(9-7-15)10-12(18)11-20-14-5-3-2-4-13(14)16/h2-5,12,18-19H,6-11,16H2,1H3. The number of β-amino-alcohol motifs (C(OH)–C–C–N with tert-alkyl or cyclic N) is 1. The van der Waals surface area contributed by atoms with Crippen LogP contribution in [0, 0.1) is 0 Å². The molecule has 5 heteroatoms. The lowest BCUT2D eigenvalue weighted by molar-refractivity contribution is -0.0201. The third-order valence-corrected chi connectivity index (χ3v) is 3.75. The summed E-state index contributed by atoms with van der Waals surface area (Å²) in [5.41, 5.74) is 5.79. The Bertz CT molecular complexity index is 427.